The minimum absolute atomic E-state index is 0. The first kappa shape index (κ1) is 27.3. The Morgan fingerprint density at radius 1 is 0.636 bits per heavy atom. The zero-order valence-corrected chi connectivity index (χ0v) is 18.6. The molecule has 22 heavy (non-hydrogen) atoms. The van der Waals surface area contributed by atoms with E-state index < -0.39 is 5.97 Å². The molecule has 0 bridgehead atoms. The van der Waals surface area contributed by atoms with Gasteiger partial charge in [0.15, 0.2) is 0 Å². The van der Waals surface area contributed by atoms with E-state index in [0.717, 1.165) is 12.8 Å². The Kier molecular flexibility index (Phi) is 29.4. The van der Waals surface area contributed by atoms with Crippen molar-refractivity contribution in [2.45, 2.75) is 110 Å². The first-order valence-corrected chi connectivity index (χ1v) is 8.99. The van der Waals surface area contributed by atoms with Crippen molar-refractivity contribution in [3.63, 3.8) is 0 Å². The van der Waals surface area contributed by atoms with E-state index in [1.165, 1.54) is 83.5 Å². The molecule has 0 saturated carbocycles. The number of carboxylic acid groups (broad SMARTS) is 1. The SMILES string of the molecule is CCCCCCCCCCCCCCCCCC(=O)O.[S-2].[Zn+2]. The maximum Gasteiger partial charge on any atom is 2.00 e. The first-order chi connectivity index (χ1) is 9.77. The average Bonchev–Trinajstić information content (AvgIpc) is 2.43. The van der Waals surface area contributed by atoms with Crippen LogP contribution < -0.4 is 0 Å². The van der Waals surface area contributed by atoms with Gasteiger partial charge in [-0.2, -0.15) is 0 Å². The van der Waals surface area contributed by atoms with Crippen LogP contribution in [0.25, 0.3) is 0 Å². The van der Waals surface area contributed by atoms with Crippen LogP contribution in [0.5, 0.6) is 0 Å². The summed E-state index contributed by atoms with van der Waals surface area (Å²) in [5.74, 6) is -0.653. The summed E-state index contributed by atoms with van der Waals surface area (Å²) in [6.45, 7) is 2.27. The summed E-state index contributed by atoms with van der Waals surface area (Å²) in [6.07, 6.45) is 20.2. The van der Waals surface area contributed by atoms with Crippen LogP contribution in [0.1, 0.15) is 110 Å². The molecule has 1 N–H and O–H groups in total. The Bertz CT molecular complexity index is 213. The fourth-order valence-electron chi connectivity index (χ4n) is 2.65. The van der Waals surface area contributed by atoms with Gasteiger partial charge < -0.3 is 18.6 Å². The van der Waals surface area contributed by atoms with Crippen molar-refractivity contribution in [3.05, 3.63) is 0 Å². The summed E-state index contributed by atoms with van der Waals surface area (Å²) < 4.78 is 0. The topological polar surface area (TPSA) is 37.3 Å². The average molecular weight is 382 g/mol. The molecule has 0 aliphatic carbocycles. The Balaban J connectivity index is -0.00000180. The van der Waals surface area contributed by atoms with Crippen molar-refractivity contribution >= 4 is 19.5 Å². The molecule has 0 aromatic rings. The van der Waals surface area contributed by atoms with Crippen molar-refractivity contribution in [2.75, 3.05) is 0 Å². The number of hydrogen-bond acceptors (Lipinski definition) is 1. The van der Waals surface area contributed by atoms with Gasteiger partial charge in [-0.15, -0.1) is 0 Å². The second kappa shape index (κ2) is 23.7. The molecule has 0 atom stereocenters. The van der Waals surface area contributed by atoms with Crippen LogP contribution in [0.15, 0.2) is 0 Å². The van der Waals surface area contributed by atoms with Crippen molar-refractivity contribution < 1.29 is 29.4 Å². The molecule has 4 heteroatoms. The molecule has 0 fully saturated rings. The molecule has 0 saturated heterocycles. The largest absolute Gasteiger partial charge is 2.00 e. The molecule has 0 unspecified atom stereocenters. The molecule has 0 aliphatic heterocycles. The van der Waals surface area contributed by atoms with Crippen LogP contribution in [0, 0.1) is 0 Å². The van der Waals surface area contributed by atoms with Gasteiger partial charge in [0.05, 0.1) is 0 Å². The Hall–Kier alpha value is 0.443. The van der Waals surface area contributed by atoms with E-state index in [9.17, 15) is 4.79 Å². The predicted molar refractivity (Wildman–Crippen MR) is 94.5 cm³/mol. The number of hydrogen-bond donors (Lipinski definition) is 1. The molecule has 0 spiro atoms. The number of aliphatic carboxylic acids is 1. The standard InChI is InChI=1S/C18H36O2.S.Zn/c1-2-3-4-5-6-7-8-9-10-11-12-13-14-15-16-17-18(19)20;;/h2-17H2,1H3,(H,19,20);;/q;-2;+2. The number of carbonyl (C=O) groups is 1. The zero-order chi connectivity index (χ0) is 14.9. The molecule has 128 valence electrons. The Morgan fingerprint density at radius 2 is 0.909 bits per heavy atom. The minimum Gasteiger partial charge on any atom is -2.00 e. The fraction of sp³-hybridized carbons (Fsp3) is 0.944. The molecule has 0 rings (SSSR count). The maximum atomic E-state index is 10.3. The Labute approximate surface area is 158 Å². The van der Waals surface area contributed by atoms with Gasteiger partial charge in [0, 0.05) is 6.42 Å². The van der Waals surface area contributed by atoms with E-state index in [1.807, 2.05) is 0 Å². The van der Waals surface area contributed by atoms with E-state index in [4.69, 9.17) is 5.11 Å². The zero-order valence-electron chi connectivity index (χ0n) is 14.8. The monoisotopic (exact) mass is 380 g/mol. The van der Waals surface area contributed by atoms with Crippen LogP contribution in [-0.2, 0) is 37.8 Å². The second-order valence-electron chi connectivity index (χ2n) is 6.09. The number of rotatable bonds is 16. The van der Waals surface area contributed by atoms with Crippen molar-refractivity contribution in [2.24, 2.45) is 0 Å². The van der Waals surface area contributed by atoms with Gasteiger partial charge in [0.25, 0.3) is 0 Å². The van der Waals surface area contributed by atoms with E-state index in [2.05, 4.69) is 6.92 Å². The van der Waals surface area contributed by atoms with Gasteiger partial charge in [-0.1, -0.05) is 96.8 Å². The van der Waals surface area contributed by atoms with E-state index in [0.29, 0.717) is 6.42 Å². The van der Waals surface area contributed by atoms with Gasteiger partial charge >= 0.3 is 25.4 Å². The van der Waals surface area contributed by atoms with E-state index in [1.54, 1.807) is 0 Å². The fourth-order valence-corrected chi connectivity index (χ4v) is 2.65. The maximum absolute atomic E-state index is 10.3. The molecule has 0 aromatic carbocycles. The second-order valence-corrected chi connectivity index (χ2v) is 6.09. The molecule has 2 nitrogen and oxygen atoms in total. The predicted octanol–water partition coefficient (Wildman–Crippen LogP) is 6.33. The number of unbranched alkanes of at least 4 members (excludes halogenated alkanes) is 14. The quantitative estimate of drug-likeness (QED) is 0.250. The van der Waals surface area contributed by atoms with Gasteiger partial charge in [-0.25, -0.2) is 0 Å². The van der Waals surface area contributed by atoms with Crippen molar-refractivity contribution in [1.82, 2.24) is 0 Å². The third kappa shape index (κ3) is 25.4. The number of carboxylic acids is 1. The molecule has 0 heterocycles. The summed E-state index contributed by atoms with van der Waals surface area (Å²) in [6, 6.07) is 0. The van der Waals surface area contributed by atoms with Crippen LogP contribution in [-0.4, -0.2) is 11.1 Å². The van der Waals surface area contributed by atoms with Gasteiger partial charge in [-0.05, 0) is 6.42 Å². The molecule has 0 amide bonds. The molecular weight excluding hydrogens is 346 g/mol. The summed E-state index contributed by atoms with van der Waals surface area (Å²) in [5.41, 5.74) is 0. The van der Waals surface area contributed by atoms with E-state index in [-0.39, 0.29) is 33.0 Å². The van der Waals surface area contributed by atoms with Crippen LogP contribution in [0.4, 0.5) is 0 Å². The summed E-state index contributed by atoms with van der Waals surface area (Å²) in [5, 5.41) is 8.52. The summed E-state index contributed by atoms with van der Waals surface area (Å²) >= 11 is 0. The van der Waals surface area contributed by atoms with Crippen LogP contribution in [0.2, 0.25) is 0 Å². The third-order valence-electron chi connectivity index (χ3n) is 3.99. The van der Waals surface area contributed by atoms with Gasteiger partial charge in [0.2, 0.25) is 0 Å². The van der Waals surface area contributed by atoms with Gasteiger partial charge in [0.1, 0.15) is 0 Å². The van der Waals surface area contributed by atoms with Crippen LogP contribution in [0.3, 0.4) is 0 Å². The minimum atomic E-state index is -0.653. The third-order valence-corrected chi connectivity index (χ3v) is 3.99. The molecule has 0 aromatic heterocycles. The normalized spacial score (nSPS) is 9.86. The smallest absolute Gasteiger partial charge is 2.00 e. The van der Waals surface area contributed by atoms with E-state index >= 15 is 0 Å². The summed E-state index contributed by atoms with van der Waals surface area (Å²) in [7, 11) is 0. The molecule has 0 aliphatic rings. The van der Waals surface area contributed by atoms with Crippen LogP contribution >= 0.6 is 0 Å². The Morgan fingerprint density at radius 3 is 1.18 bits per heavy atom. The first-order valence-electron chi connectivity index (χ1n) is 8.99. The molecular formula is C18H36O2SZn. The van der Waals surface area contributed by atoms with Gasteiger partial charge in [-0.3, -0.25) is 4.79 Å². The van der Waals surface area contributed by atoms with Crippen molar-refractivity contribution in [1.29, 1.82) is 0 Å². The van der Waals surface area contributed by atoms with Crippen molar-refractivity contribution in [3.8, 4) is 0 Å². The molecule has 0 radical (unpaired) electrons. The summed E-state index contributed by atoms with van der Waals surface area (Å²) in [4.78, 5) is 10.3.